The van der Waals surface area contributed by atoms with Gasteiger partial charge in [-0.1, -0.05) is 50.6 Å². The summed E-state index contributed by atoms with van der Waals surface area (Å²) in [7, 11) is -2.19. The summed E-state index contributed by atoms with van der Waals surface area (Å²) in [4.78, 5) is 0. The van der Waals surface area contributed by atoms with Gasteiger partial charge in [-0.05, 0) is 24.6 Å². The van der Waals surface area contributed by atoms with E-state index in [0.29, 0.717) is 0 Å². The summed E-state index contributed by atoms with van der Waals surface area (Å²) in [5, 5.41) is 1.26. The van der Waals surface area contributed by atoms with Crippen molar-refractivity contribution < 1.29 is 8.85 Å². The molecule has 3 heteroatoms. The van der Waals surface area contributed by atoms with E-state index >= 15 is 0 Å². The zero-order valence-electron chi connectivity index (χ0n) is 11.2. The van der Waals surface area contributed by atoms with E-state index in [1.54, 1.807) is 0 Å². The van der Waals surface area contributed by atoms with Crippen molar-refractivity contribution >= 4 is 13.7 Å². The van der Waals surface area contributed by atoms with E-state index < -0.39 is 8.56 Å². The Kier molecular flexibility index (Phi) is 6.48. The van der Waals surface area contributed by atoms with E-state index in [-0.39, 0.29) is 0 Å². The summed E-state index contributed by atoms with van der Waals surface area (Å²) in [6.45, 7) is 7.91. The van der Waals surface area contributed by atoms with E-state index in [1.165, 1.54) is 5.19 Å². The second-order valence-electron chi connectivity index (χ2n) is 4.15. The normalized spacial score (nSPS) is 14.5. The molecular weight excluding hydrogens is 228 g/mol. The molecule has 0 fully saturated rings. The Morgan fingerprint density at radius 2 is 1.65 bits per heavy atom. The topological polar surface area (TPSA) is 18.5 Å². The summed E-state index contributed by atoms with van der Waals surface area (Å²) in [6.07, 6.45) is 2.14. The number of hydrogen-bond donors (Lipinski definition) is 0. The zero-order valence-corrected chi connectivity index (χ0v) is 12.2. The molecule has 96 valence electrons. The van der Waals surface area contributed by atoms with Crippen molar-refractivity contribution in [2.75, 3.05) is 13.2 Å². The lowest BCUT2D eigenvalue weighted by Gasteiger charge is -2.30. The van der Waals surface area contributed by atoms with E-state index in [1.807, 2.05) is 6.07 Å². The Hall–Kier alpha value is -0.643. The van der Waals surface area contributed by atoms with Crippen LogP contribution in [0.4, 0.5) is 0 Å². The molecule has 1 atom stereocenters. The maximum Gasteiger partial charge on any atom is 0.372 e. The Morgan fingerprint density at radius 1 is 0.941 bits per heavy atom. The van der Waals surface area contributed by atoms with E-state index in [2.05, 4.69) is 45.0 Å². The second-order valence-corrected chi connectivity index (χ2v) is 7.31. The smallest absolute Gasteiger partial charge is 0.372 e. The highest BCUT2D eigenvalue weighted by molar-refractivity contribution is 6.81. The number of benzene rings is 1. The average Bonchev–Trinajstić information content (AvgIpc) is 2.37. The fourth-order valence-electron chi connectivity index (χ4n) is 2.02. The molecule has 0 saturated heterocycles. The van der Waals surface area contributed by atoms with Crippen LogP contribution in [0.15, 0.2) is 30.3 Å². The predicted octanol–water partition coefficient (Wildman–Crippen LogP) is 3.21. The lowest BCUT2D eigenvalue weighted by Crippen LogP contribution is -2.53. The first kappa shape index (κ1) is 14.4. The fourth-order valence-corrected chi connectivity index (χ4v) is 5.37. The predicted molar refractivity (Wildman–Crippen MR) is 74.8 cm³/mol. The van der Waals surface area contributed by atoms with Crippen molar-refractivity contribution in [1.82, 2.24) is 0 Å². The standard InChI is InChI=1S/C14H24O2Si/c1-4-12-16-17(13-5-2,15-6-3)14-10-8-7-9-11-14/h7-11H,4-6,12-13H2,1-3H3. The van der Waals surface area contributed by atoms with E-state index in [0.717, 1.165) is 32.1 Å². The van der Waals surface area contributed by atoms with Crippen LogP contribution in [0.25, 0.3) is 0 Å². The van der Waals surface area contributed by atoms with Gasteiger partial charge in [0, 0.05) is 13.2 Å². The molecule has 1 rings (SSSR count). The quantitative estimate of drug-likeness (QED) is 0.661. The highest BCUT2D eigenvalue weighted by atomic mass is 28.4. The molecule has 0 aromatic heterocycles. The molecule has 1 aromatic rings. The van der Waals surface area contributed by atoms with Gasteiger partial charge < -0.3 is 8.85 Å². The van der Waals surface area contributed by atoms with E-state index in [4.69, 9.17) is 8.85 Å². The third-order valence-electron chi connectivity index (χ3n) is 2.71. The monoisotopic (exact) mass is 252 g/mol. The number of rotatable bonds is 8. The van der Waals surface area contributed by atoms with Gasteiger partial charge in [-0.3, -0.25) is 0 Å². The third kappa shape index (κ3) is 3.94. The summed E-state index contributed by atoms with van der Waals surface area (Å²) in [5.41, 5.74) is 0. The molecule has 0 bridgehead atoms. The van der Waals surface area contributed by atoms with Gasteiger partial charge in [0.15, 0.2) is 0 Å². The SMILES string of the molecule is CCCO[Si](CCC)(OCC)c1ccccc1. The lowest BCUT2D eigenvalue weighted by molar-refractivity contribution is 0.187. The largest absolute Gasteiger partial charge is 0.391 e. The van der Waals surface area contributed by atoms with E-state index in [9.17, 15) is 0 Å². The van der Waals surface area contributed by atoms with Crippen LogP contribution in [0.5, 0.6) is 0 Å². The van der Waals surface area contributed by atoms with Gasteiger partial charge in [0.1, 0.15) is 0 Å². The molecule has 0 amide bonds. The molecule has 0 aliphatic heterocycles. The van der Waals surface area contributed by atoms with Crippen LogP contribution in [-0.4, -0.2) is 21.8 Å². The molecule has 0 saturated carbocycles. The lowest BCUT2D eigenvalue weighted by atomic mass is 10.4. The zero-order chi connectivity index (χ0) is 12.6. The fraction of sp³-hybridized carbons (Fsp3) is 0.571. The Morgan fingerprint density at radius 3 is 2.18 bits per heavy atom. The molecule has 0 aliphatic carbocycles. The Labute approximate surface area is 106 Å². The first-order valence-corrected chi connectivity index (χ1v) is 8.64. The summed E-state index contributed by atoms with van der Waals surface area (Å²) >= 11 is 0. The van der Waals surface area contributed by atoms with Crippen molar-refractivity contribution in [1.29, 1.82) is 0 Å². The first-order valence-electron chi connectivity index (χ1n) is 6.62. The molecule has 0 radical (unpaired) electrons. The Balaban J connectivity index is 2.95. The number of hydrogen-bond acceptors (Lipinski definition) is 2. The molecule has 0 heterocycles. The average molecular weight is 252 g/mol. The minimum atomic E-state index is -2.19. The first-order chi connectivity index (χ1) is 8.29. The van der Waals surface area contributed by atoms with Crippen molar-refractivity contribution in [2.24, 2.45) is 0 Å². The molecule has 17 heavy (non-hydrogen) atoms. The minimum Gasteiger partial charge on any atom is -0.391 e. The van der Waals surface area contributed by atoms with Crippen LogP contribution in [0.3, 0.4) is 0 Å². The molecule has 2 nitrogen and oxygen atoms in total. The minimum absolute atomic E-state index is 0.727. The van der Waals surface area contributed by atoms with Gasteiger partial charge in [-0.15, -0.1) is 0 Å². The van der Waals surface area contributed by atoms with Crippen LogP contribution in [0.1, 0.15) is 33.6 Å². The van der Waals surface area contributed by atoms with Crippen LogP contribution >= 0.6 is 0 Å². The summed E-state index contributed by atoms with van der Waals surface area (Å²) < 4.78 is 12.2. The van der Waals surface area contributed by atoms with Crippen molar-refractivity contribution in [3.05, 3.63) is 30.3 Å². The second kappa shape index (κ2) is 7.64. The van der Waals surface area contributed by atoms with Crippen molar-refractivity contribution in [3.63, 3.8) is 0 Å². The van der Waals surface area contributed by atoms with Crippen molar-refractivity contribution in [3.8, 4) is 0 Å². The van der Waals surface area contributed by atoms with Crippen LogP contribution in [0, 0.1) is 0 Å². The molecule has 1 unspecified atom stereocenters. The molecule has 0 aliphatic rings. The van der Waals surface area contributed by atoms with Crippen molar-refractivity contribution in [2.45, 2.75) is 39.7 Å². The van der Waals surface area contributed by atoms with Crippen LogP contribution in [0.2, 0.25) is 6.04 Å². The van der Waals surface area contributed by atoms with Gasteiger partial charge in [0.25, 0.3) is 0 Å². The summed E-state index contributed by atoms with van der Waals surface area (Å²) in [5.74, 6) is 0. The van der Waals surface area contributed by atoms with Crippen LogP contribution in [-0.2, 0) is 8.85 Å². The maximum atomic E-state index is 6.16. The molecular formula is C14H24O2Si. The third-order valence-corrected chi connectivity index (χ3v) is 6.51. The van der Waals surface area contributed by atoms with Gasteiger partial charge >= 0.3 is 8.56 Å². The maximum absolute atomic E-state index is 6.16. The Bertz CT molecular complexity index is 294. The van der Waals surface area contributed by atoms with Gasteiger partial charge in [-0.25, -0.2) is 0 Å². The van der Waals surface area contributed by atoms with Gasteiger partial charge in [0.2, 0.25) is 0 Å². The molecule has 0 spiro atoms. The molecule has 1 aromatic carbocycles. The molecule has 0 N–H and O–H groups in total. The summed E-state index contributed by atoms with van der Waals surface area (Å²) in [6, 6.07) is 11.5. The van der Waals surface area contributed by atoms with Gasteiger partial charge in [-0.2, -0.15) is 0 Å². The highest BCUT2D eigenvalue weighted by Gasteiger charge is 2.38. The van der Waals surface area contributed by atoms with Gasteiger partial charge in [0.05, 0.1) is 0 Å². The van der Waals surface area contributed by atoms with Crippen LogP contribution < -0.4 is 5.19 Å². The highest BCUT2D eigenvalue weighted by Crippen LogP contribution is 2.17.